The van der Waals surface area contributed by atoms with Gasteiger partial charge in [0.05, 0.1) is 0 Å². The van der Waals surface area contributed by atoms with Gasteiger partial charge in [0.1, 0.15) is 0 Å². The third kappa shape index (κ3) is 2.87. The van der Waals surface area contributed by atoms with E-state index in [1.54, 1.807) is 0 Å². The number of rotatable bonds is 2. The summed E-state index contributed by atoms with van der Waals surface area (Å²) in [6, 6.07) is -0.912. The second-order valence-electron chi connectivity index (χ2n) is 4.31. The molecule has 116 valence electrons. The van der Waals surface area contributed by atoms with Gasteiger partial charge in [0.25, 0.3) is 0 Å². The van der Waals surface area contributed by atoms with Crippen LogP contribution >= 0.6 is 0 Å². The Hall–Kier alpha value is -0.990. The highest BCUT2D eigenvalue weighted by Gasteiger charge is 2.44. The van der Waals surface area contributed by atoms with E-state index in [4.69, 9.17) is 9.11 Å². The fourth-order valence-electron chi connectivity index (χ4n) is 2.16. The van der Waals surface area contributed by atoms with Crippen molar-refractivity contribution in [2.75, 3.05) is 26.2 Å². The molecular formula is C7H14N4O7S2. The van der Waals surface area contributed by atoms with E-state index < -0.39 is 37.3 Å². The van der Waals surface area contributed by atoms with Crippen LogP contribution < -0.4 is 10.6 Å². The first-order valence-electron chi connectivity index (χ1n) is 5.59. The van der Waals surface area contributed by atoms with Gasteiger partial charge in [-0.1, -0.05) is 0 Å². The Kier molecular flexibility index (Phi) is 3.92. The van der Waals surface area contributed by atoms with Crippen molar-refractivity contribution in [2.24, 2.45) is 0 Å². The SMILES string of the molecule is O=C(N1CCNC1S(=O)(=O)O)N1CCNC1S(=O)(=O)O. The minimum absolute atomic E-state index is 0.0159. The van der Waals surface area contributed by atoms with Gasteiger partial charge in [0, 0.05) is 26.2 Å². The number of hydrogen-bond acceptors (Lipinski definition) is 7. The number of carbonyl (C=O) groups is 1. The lowest BCUT2D eigenvalue weighted by Gasteiger charge is -2.29. The summed E-state index contributed by atoms with van der Waals surface area (Å²) in [6.07, 6.45) is 0. The first kappa shape index (κ1) is 15.4. The molecule has 0 aromatic carbocycles. The Labute approximate surface area is 115 Å². The molecule has 2 fully saturated rings. The largest absolute Gasteiger partial charge is 0.324 e. The van der Waals surface area contributed by atoms with Crippen molar-refractivity contribution in [2.45, 2.75) is 11.0 Å². The third-order valence-corrected chi connectivity index (χ3v) is 4.94. The van der Waals surface area contributed by atoms with Gasteiger partial charge in [-0.2, -0.15) is 16.8 Å². The van der Waals surface area contributed by atoms with Crippen LogP contribution in [-0.4, -0.2) is 78.9 Å². The summed E-state index contributed by atoms with van der Waals surface area (Å²) >= 11 is 0. The van der Waals surface area contributed by atoms with Gasteiger partial charge in [0.2, 0.25) is 11.0 Å². The molecule has 2 atom stereocenters. The van der Waals surface area contributed by atoms with Crippen molar-refractivity contribution in [3.8, 4) is 0 Å². The average molecular weight is 330 g/mol. The maximum Gasteiger partial charge on any atom is 0.324 e. The lowest BCUT2D eigenvalue weighted by atomic mass is 10.5. The molecule has 2 aliphatic heterocycles. The molecule has 13 heteroatoms. The van der Waals surface area contributed by atoms with Crippen LogP contribution in [0.2, 0.25) is 0 Å². The molecule has 0 radical (unpaired) electrons. The molecule has 20 heavy (non-hydrogen) atoms. The number of urea groups is 1. The Balaban J connectivity index is 2.23. The van der Waals surface area contributed by atoms with E-state index in [1.165, 1.54) is 0 Å². The van der Waals surface area contributed by atoms with Crippen LogP contribution in [0, 0.1) is 0 Å². The number of amides is 2. The van der Waals surface area contributed by atoms with Crippen LogP contribution in [0.25, 0.3) is 0 Å². The van der Waals surface area contributed by atoms with Crippen LogP contribution in [0.1, 0.15) is 0 Å². The Bertz CT molecular complexity index is 551. The highest BCUT2D eigenvalue weighted by molar-refractivity contribution is 7.86. The van der Waals surface area contributed by atoms with Crippen molar-refractivity contribution in [1.29, 1.82) is 0 Å². The predicted octanol–water partition coefficient (Wildman–Crippen LogP) is -2.74. The van der Waals surface area contributed by atoms with Gasteiger partial charge >= 0.3 is 26.3 Å². The Morgan fingerprint density at radius 3 is 1.55 bits per heavy atom. The van der Waals surface area contributed by atoms with Crippen molar-refractivity contribution in [3.05, 3.63) is 0 Å². The van der Waals surface area contributed by atoms with E-state index >= 15 is 0 Å². The van der Waals surface area contributed by atoms with Crippen LogP contribution in [-0.2, 0) is 20.2 Å². The first-order chi connectivity index (χ1) is 9.12. The highest BCUT2D eigenvalue weighted by atomic mass is 32.2. The predicted molar refractivity (Wildman–Crippen MR) is 65.5 cm³/mol. The van der Waals surface area contributed by atoms with Crippen LogP contribution in [0.4, 0.5) is 4.79 Å². The minimum atomic E-state index is -4.54. The molecule has 0 spiro atoms. The Morgan fingerprint density at radius 2 is 1.25 bits per heavy atom. The zero-order valence-corrected chi connectivity index (χ0v) is 11.8. The monoisotopic (exact) mass is 330 g/mol. The number of nitrogens with one attached hydrogen (secondary N) is 2. The highest BCUT2D eigenvalue weighted by Crippen LogP contribution is 2.17. The summed E-state index contributed by atoms with van der Waals surface area (Å²) < 4.78 is 62.6. The standard InChI is InChI=1S/C7H14N4O7S2/c12-7(10-3-1-8-5(10)19(13,14)15)11-4-2-9-6(11)20(16,17)18/h5-6,8-9H,1-4H2,(H,13,14,15)(H,16,17,18). The molecule has 0 bridgehead atoms. The van der Waals surface area contributed by atoms with Gasteiger partial charge in [-0.15, -0.1) is 0 Å². The van der Waals surface area contributed by atoms with Crippen molar-refractivity contribution in [3.63, 3.8) is 0 Å². The van der Waals surface area contributed by atoms with E-state index in [2.05, 4.69) is 10.6 Å². The van der Waals surface area contributed by atoms with Crippen LogP contribution in [0.15, 0.2) is 0 Å². The fraction of sp³-hybridized carbons (Fsp3) is 0.857. The zero-order chi connectivity index (χ0) is 15.1. The summed E-state index contributed by atoms with van der Waals surface area (Å²) in [6.45, 7) is 0.234. The molecule has 11 nitrogen and oxygen atoms in total. The van der Waals surface area contributed by atoms with E-state index in [0.29, 0.717) is 0 Å². The third-order valence-electron chi connectivity index (χ3n) is 2.97. The van der Waals surface area contributed by atoms with Crippen LogP contribution in [0.5, 0.6) is 0 Å². The molecule has 2 rings (SSSR count). The quantitative estimate of drug-likeness (QED) is 0.394. The first-order valence-corrected chi connectivity index (χ1v) is 8.59. The van der Waals surface area contributed by atoms with E-state index in [0.717, 1.165) is 9.80 Å². The second kappa shape index (κ2) is 5.09. The number of nitrogens with zero attached hydrogens (tertiary/aromatic N) is 2. The summed E-state index contributed by atoms with van der Waals surface area (Å²) in [4.78, 5) is 13.8. The second-order valence-corrected chi connectivity index (χ2v) is 7.27. The summed E-state index contributed by atoms with van der Waals surface area (Å²) in [5.41, 5.74) is -3.25. The zero-order valence-electron chi connectivity index (χ0n) is 10.1. The summed E-state index contributed by atoms with van der Waals surface area (Å²) in [7, 11) is -9.09. The average Bonchev–Trinajstić information content (AvgIpc) is 2.95. The lowest BCUT2D eigenvalue weighted by Crippen LogP contribution is -2.54. The molecule has 0 aliphatic carbocycles. The van der Waals surface area contributed by atoms with E-state index in [-0.39, 0.29) is 26.2 Å². The van der Waals surface area contributed by atoms with Crippen molar-refractivity contribution < 1.29 is 30.7 Å². The molecule has 2 unspecified atom stereocenters. The topological polar surface area (TPSA) is 156 Å². The maximum atomic E-state index is 12.2. The van der Waals surface area contributed by atoms with Gasteiger partial charge in [0.15, 0.2) is 0 Å². The molecule has 4 N–H and O–H groups in total. The summed E-state index contributed by atoms with van der Waals surface area (Å²) in [5.74, 6) is 0. The normalized spacial score (nSPS) is 28.1. The van der Waals surface area contributed by atoms with Crippen molar-refractivity contribution in [1.82, 2.24) is 20.4 Å². The van der Waals surface area contributed by atoms with Crippen molar-refractivity contribution >= 4 is 26.3 Å². The minimum Gasteiger partial charge on any atom is -0.292 e. The molecule has 0 aromatic heterocycles. The van der Waals surface area contributed by atoms with Crippen LogP contribution in [0.3, 0.4) is 0 Å². The molecular weight excluding hydrogens is 316 g/mol. The van der Waals surface area contributed by atoms with Gasteiger partial charge in [-0.05, 0) is 0 Å². The molecule has 0 aromatic rings. The van der Waals surface area contributed by atoms with E-state index in [9.17, 15) is 21.6 Å². The Morgan fingerprint density at radius 1 is 0.900 bits per heavy atom. The van der Waals surface area contributed by atoms with Gasteiger partial charge < -0.3 is 0 Å². The molecule has 2 heterocycles. The molecule has 2 saturated heterocycles. The smallest absolute Gasteiger partial charge is 0.292 e. The number of hydrogen-bond donors (Lipinski definition) is 4. The fourth-order valence-corrected chi connectivity index (χ4v) is 3.85. The van der Waals surface area contributed by atoms with E-state index in [1.807, 2.05) is 0 Å². The molecule has 2 aliphatic rings. The lowest BCUT2D eigenvalue weighted by molar-refractivity contribution is 0.158. The van der Waals surface area contributed by atoms with Gasteiger partial charge in [-0.3, -0.25) is 29.5 Å². The summed E-state index contributed by atoms with van der Waals surface area (Å²) in [5, 5.41) is 4.83. The van der Waals surface area contributed by atoms with Gasteiger partial charge in [-0.25, -0.2) is 4.79 Å². The molecule has 2 amide bonds. The maximum absolute atomic E-state index is 12.2. The number of carbonyl (C=O) groups excluding carboxylic acids is 1. The molecule has 0 saturated carbocycles.